The Morgan fingerprint density at radius 3 is 2.90 bits per heavy atom. The van der Waals surface area contributed by atoms with Crippen molar-refractivity contribution >= 4 is 51.9 Å². The van der Waals surface area contributed by atoms with Crippen LogP contribution in [0.2, 0.25) is 0 Å². The molecule has 0 unspecified atom stereocenters. The number of hydrogen-bond acceptors (Lipinski definition) is 6. The van der Waals surface area contributed by atoms with E-state index >= 15 is 0 Å². The second-order valence-electron chi connectivity index (χ2n) is 7.47. The summed E-state index contributed by atoms with van der Waals surface area (Å²) >= 11 is 6.68. The Morgan fingerprint density at radius 1 is 1.16 bits per heavy atom. The average molecular weight is 453 g/mol. The molecule has 8 heteroatoms. The predicted molar refractivity (Wildman–Crippen MR) is 124 cm³/mol. The molecular formula is C23H20N2O4S2. The number of hydrogen-bond donors (Lipinski definition) is 0. The molecule has 31 heavy (non-hydrogen) atoms. The molecule has 158 valence electrons. The molecule has 0 aromatic heterocycles. The molecule has 2 aromatic rings. The van der Waals surface area contributed by atoms with E-state index < -0.39 is 0 Å². The van der Waals surface area contributed by atoms with E-state index in [2.05, 4.69) is 6.07 Å². The summed E-state index contributed by atoms with van der Waals surface area (Å²) in [6.45, 7) is 1.19. The van der Waals surface area contributed by atoms with Crippen molar-refractivity contribution in [2.45, 2.75) is 19.3 Å². The normalized spacial score (nSPS) is 18.6. The first kappa shape index (κ1) is 20.1. The van der Waals surface area contributed by atoms with Gasteiger partial charge in [-0.1, -0.05) is 48.2 Å². The Labute approximate surface area is 189 Å². The van der Waals surface area contributed by atoms with E-state index in [-0.39, 0.29) is 31.6 Å². The maximum Gasteiger partial charge on any atom is 0.266 e. The predicted octanol–water partition coefficient (Wildman–Crippen LogP) is 3.99. The third-order valence-corrected chi connectivity index (χ3v) is 6.91. The number of amides is 2. The number of carbonyl (C=O) groups is 2. The van der Waals surface area contributed by atoms with E-state index in [0.29, 0.717) is 27.3 Å². The molecule has 0 aliphatic carbocycles. The van der Waals surface area contributed by atoms with Crippen LogP contribution < -0.4 is 14.4 Å². The number of benzene rings is 2. The van der Waals surface area contributed by atoms with Crippen LogP contribution in [-0.2, 0) is 16.0 Å². The van der Waals surface area contributed by atoms with Gasteiger partial charge in [-0.25, -0.2) is 0 Å². The molecule has 0 bridgehead atoms. The van der Waals surface area contributed by atoms with Gasteiger partial charge in [-0.05, 0) is 48.2 Å². The van der Waals surface area contributed by atoms with Crippen molar-refractivity contribution in [2.24, 2.45) is 0 Å². The molecule has 0 N–H and O–H groups in total. The summed E-state index contributed by atoms with van der Waals surface area (Å²) in [5.41, 5.74) is 3.01. The van der Waals surface area contributed by atoms with Crippen molar-refractivity contribution in [1.29, 1.82) is 0 Å². The lowest BCUT2D eigenvalue weighted by molar-refractivity contribution is -0.123. The van der Waals surface area contributed by atoms with E-state index in [9.17, 15) is 9.59 Å². The van der Waals surface area contributed by atoms with Crippen LogP contribution in [-0.4, -0.2) is 40.9 Å². The molecule has 3 aliphatic rings. The van der Waals surface area contributed by atoms with Crippen LogP contribution in [0.3, 0.4) is 0 Å². The van der Waals surface area contributed by atoms with Gasteiger partial charge in [-0.2, -0.15) is 0 Å². The molecule has 6 nitrogen and oxygen atoms in total. The van der Waals surface area contributed by atoms with Gasteiger partial charge in [0, 0.05) is 25.2 Å². The van der Waals surface area contributed by atoms with Gasteiger partial charge >= 0.3 is 0 Å². The number of thiocarbonyl (C=S) groups is 1. The first-order chi connectivity index (χ1) is 15.1. The summed E-state index contributed by atoms with van der Waals surface area (Å²) < 4.78 is 11.2. The van der Waals surface area contributed by atoms with Gasteiger partial charge in [-0.3, -0.25) is 14.5 Å². The molecule has 0 saturated carbocycles. The quantitative estimate of drug-likeness (QED) is 0.517. The Hall–Kier alpha value is -2.84. The van der Waals surface area contributed by atoms with E-state index in [1.54, 1.807) is 6.08 Å². The second kappa shape index (κ2) is 8.36. The number of carbonyl (C=O) groups excluding carboxylic acids is 2. The summed E-state index contributed by atoms with van der Waals surface area (Å²) in [6, 6.07) is 13.5. The van der Waals surface area contributed by atoms with Gasteiger partial charge in [0.1, 0.15) is 4.32 Å². The summed E-state index contributed by atoms with van der Waals surface area (Å²) in [5, 5.41) is 0. The molecule has 5 rings (SSSR count). The molecule has 1 fully saturated rings. The van der Waals surface area contributed by atoms with Crippen molar-refractivity contribution in [3.8, 4) is 11.5 Å². The molecule has 3 aliphatic heterocycles. The Kier molecular flexibility index (Phi) is 5.41. The zero-order valence-corrected chi connectivity index (χ0v) is 18.3. The molecule has 2 aromatic carbocycles. The van der Waals surface area contributed by atoms with Crippen LogP contribution >= 0.6 is 24.0 Å². The Balaban J connectivity index is 1.26. The maximum absolute atomic E-state index is 12.9. The summed E-state index contributed by atoms with van der Waals surface area (Å²) in [5.74, 6) is 1.21. The standard InChI is InChI=1S/C23H20N2O4S2/c26-21(24-10-3-5-16-4-1-2-6-17(16)24)9-11-25-22(27)20(31-23(25)30)13-15-7-8-18-19(12-15)29-14-28-18/h1-2,4,6-8,12-13H,3,5,9-11,14H2/b20-13-. The van der Waals surface area contributed by atoms with Crippen molar-refractivity contribution in [3.63, 3.8) is 0 Å². The number of aryl methyl sites for hydroxylation is 1. The van der Waals surface area contributed by atoms with E-state index in [4.69, 9.17) is 21.7 Å². The number of nitrogens with zero attached hydrogens (tertiary/aromatic N) is 2. The van der Waals surface area contributed by atoms with Crippen LogP contribution in [0.5, 0.6) is 11.5 Å². The highest BCUT2D eigenvalue weighted by molar-refractivity contribution is 8.26. The number of thioether (sulfide) groups is 1. The van der Waals surface area contributed by atoms with Crippen LogP contribution in [0.15, 0.2) is 47.4 Å². The van der Waals surface area contributed by atoms with Crippen molar-refractivity contribution in [3.05, 3.63) is 58.5 Å². The topological polar surface area (TPSA) is 59.1 Å². The van der Waals surface area contributed by atoms with Gasteiger partial charge in [0.2, 0.25) is 12.7 Å². The zero-order chi connectivity index (χ0) is 21.4. The highest BCUT2D eigenvalue weighted by atomic mass is 32.2. The lowest BCUT2D eigenvalue weighted by Gasteiger charge is -2.30. The molecule has 0 spiro atoms. The Morgan fingerprint density at radius 2 is 2.00 bits per heavy atom. The van der Waals surface area contributed by atoms with E-state index in [1.165, 1.54) is 22.2 Å². The fraction of sp³-hybridized carbons (Fsp3) is 0.261. The number of ether oxygens (including phenoxy) is 2. The smallest absolute Gasteiger partial charge is 0.266 e. The Bertz CT molecular complexity index is 1110. The molecule has 0 atom stereocenters. The maximum atomic E-state index is 12.9. The van der Waals surface area contributed by atoms with E-state index in [1.807, 2.05) is 41.3 Å². The highest BCUT2D eigenvalue weighted by Crippen LogP contribution is 2.36. The SMILES string of the molecule is O=C1/C(=C/c2ccc3c(c2)OCO3)SC(=S)N1CCC(=O)N1CCCc2ccccc21. The lowest BCUT2D eigenvalue weighted by atomic mass is 10.0. The highest BCUT2D eigenvalue weighted by Gasteiger charge is 2.33. The molecule has 0 radical (unpaired) electrons. The van der Waals surface area contributed by atoms with Crippen LogP contribution in [0.4, 0.5) is 5.69 Å². The third-order valence-electron chi connectivity index (χ3n) is 5.53. The fourth-order valence-electron chi connectivity index (χ4n) is 3.98. The largest absolute Gasteiger partial charge is 0.454 e. The zero-order valence-electron chi connectivity index (χ0n) is 16.7. The first-order valence-electron chi connectivity index (χ1n) is 10.1. The fourth-order valence-corrected chi connectivity index (χ4v) is 5.29. The van der Waals surface area contributed by atoms with Crippen LogP contribution in [0.25, 0.3) is 6.08 Å². The minimum Gasteiger partial charge on any atom is -0.454 e. The minimum atomic E-state index is -0.167. The van der Waals surface area contributed by atoms with Gasteiger partial charge in [0.15, 0.2) is 11.5 Å². The minimum absolute atomic E-state index is 0.0148. The van der Waals surface area contributed by atoms with Gasteiger partial charge in [0.05, 0.1) is 4.91 Å². The van der Waals surface area contributed by atoms with Gasteiger partial charge < -0.3 is 14.4 Å². The monoisotopic (exact) mass is 452 g/mol. The van der Waals surface area contributed by atoms with Crippen molar-refractivity contribution < 1.29 is 19.1 Å². The number of anilines is 1. The summed E-state index contributed by atoms with van der Waals surface area (Å²) in [7, 11) is 0. The second-order valence-corrected chi connectivity index (χ2v) is 9.15. The van der Waals surface area contributed by atoms with E-state index in [0.717, 1.165) is 24.1 Å². The third kappa shape index (κ3) is 3.93. The first-order valence-corrected chi connectivity index (χ1v) is 11.4. The number of para-hydroxylation sites is 1. The van der Waals surface area contributed by atoms with Gasteiger partial charge in [-0.15, -0.1) is 0 Å². The van der Waals surface area contributed by atoms with Crippen LogP contribution in [0.1, 0.15) is 24.0 Å². The molecular weight excluding hydrogens is 432 g/mol. The summed E-state index contributed by atoms with van der Waals surface area (Å²) in [4.78, 5) is 29.7. The van der Waals surface area contributed by atoms with Gasteiger partial charge in [0.25, 0.3) is 5.91 Å². The summed E-state index contributed by atoms with van der Waals surface area (Å²) in [6.07, 6.45) is 3.96. The lowest BCUT2D eigenvalue weighted by Crippen LogP contribution is -2.38. The van der Waals surface area contributed by atoms with Crippen molar-refractivity contribution in [2.75, 3.05) is 24.8 Å². The average Bonchev–Trinajstić information content (AvgIpc) is 3.35. The van der Waals surface area contributed by atoms with Crippen molar-refractivity contribution in [1.82, 2.24) is 4.90 Å². The molecule has 2 amide bonds. The molecule has 1 saturated heterocycles. The number of fused-ring (bicyclic) bond motifs is 2. The number of rotatable bonds is 4. The molecule has 3 heterocycles. The van der Waals surface area contributed by atoms with Crippen LogP contribution in [0, 0.1) is 0 Å².